The van der Waals surface area contributed by atoms with Crippen LogP contribution in [0.2, 0.25) is 54.4 Å². The molecule has 6 aliphatic heterocycles. The second-order valence-electron chi connectivity index (χ2n) is 23.0. The molecule has 0 radical (unpaired) electrons. The number of hydrogen-bond acceptors (Lipinski definition) is 12. The fourth-order valence-electron chi connectivity index (χ4n) is 13.8. The highest BCUT2D eigenvalue weighted by molar-refractivity contribution is 6.74. The van der Waals surface area contributed by atoms with E-state index in [9.17, 15) is 5.11 Å². The summed E-state index contributed by atoms with van der Waals surface area (Å²) >= 11 is 0. The average molecular weight is 1080 g/mol. The van der Waals surface area contributed by atoms with Crippen molar-refractivity contribution in [2.45, 2.75) is 292 Å². The Labute approximate surface area is 447 Å². The maximum Gasteiger partial charge on any atom is 0.192 e. The van der Waals surface area contributed by atoms with Gasteiger partial charge in [0.15, 0.2) is 25.0 Å². The fraction of sp³-hybridized carbons (Fsp3) is 0.897. The molecule has 6 aliphatic rings. The third-order valence-electron chi connectivity index (χ3n) is 19.4. The Morgan fingerprint density at radius 2 is 1.26 bits per heavy atom. The molecule has 0 aromatic carbocycles. The molecular formula is C58H106O12Si3. The molecule has 0 aliphatic carbocycles. The van der Waals surface area contributed by atoms with Gasteiger partial charge in [0.25, 0.3) is 0 Å². The predicted octanol–water partition coefficient (Wildman–Crippen LogP) is 12.6. The highest BCUT2D eigenvalue weighted by atomic mass is 28.4. The molecule has 12 nitrogen and oxygen atoms in total. The molecule has 6 heterocycles. The first-order valence-corrected chi connectivity index (χ1v) is 37.4. The van der Waals surface area contributed by atoms with Gasteiger partial charge in [-0.05, 0) is 123 Å². The van der Waals surface area contributed by atoms with Crippen LogP contribution in [0.1, 0.15) is 146 Å². The summed E-state index contributed by atoms with van der Waals surface area (Å²) in [6.45, 7) is 36.9. The zero-order chi connectivity index (χ0) is 52.9. The monoisotopic (exact) mass is 1080 g/mol. The van der Waals surface area contributed by atoms with Gasteiger partial charge < -0.3 is 56.3 Å². The summed E-state index contributed by atoms with van der Waals surface area (Å²) in [4.78, 5) is 0. The van der Waals surface area contributed by atoms with E-state index in [0.29, 0.717) is 38.2 Å². The minimum Gasteiger partial charge on any atom is -0.414 e. The summed E-state index contributed by atoms with van der Waals surface area (Å²) in [7, 11) is -3.92. The van der Waals surface area contributed by atoms with Crippen molar-refractivity contribution in [1.29, 1.82) is 0 Å². The van der Waals surface area contributed by atoms with Gasteiger partial charge in [-0.3, -0.25) is 0 Å². The molecule has 73 heavy (non-hydrogen) atoms. The number of methoxy groups -OCH3 is 1. The Bertz CT molecular complexity index is 1650. The van der Waals surface area contributed by atoms with Crippen LogP contribution in [0.3, 0.4) is 0 Å². The van der Waals surface area contributed by atoms with Crippen molar-refractivity contribution in [2.75, 3.05) is 27.1 Å². The van der Waals surface area contributed by atoms with Crippen molar-refractivity contribution in [3.05, 3.63) is 37.0 Å². The first-order chi connectivity index (χ1) is 35.2. The van der Waals surface area contributed by atoms with Gasteiger partial charge in [0.1, 0.15) is 37.3 Å². The molecule has 6 fully saturated rings. The number of ether oxygens (including phenoxy) is 8. The van der Waals surface area contributed by atoms with Gasteiger partial charge in [0.2, 0.25) is 0 Å². The van der Waals surface area contributed by atoms with Crippen LogP contribution in [0.25, 0.3) is 0 Å². The average Bonchev–Trinajstić information content (AvgIpc) is 4.02. The van der Waals surface area contributed by atoms with E-state index in [4.69, 9.17) is 51.2 Å². The molecular weight excluding hydrogens is 973 g/mol. The Kier molecular flexibility index (Phi) is 24.5. The summed E-state index contributed by atoms with van der Waals surface area (Å²) in [6.07, 6.45) is 10.9. The van der Waals surface area contributed by atoms with Gasteiger partial charge in [-0.25, -0.2) is 0 Å². The lowest BCUT2D eigenvalue weighted by Gasteiger charge is -2.46. The second kappa shape index (κ2) is 29.0. The number of hydrogen-bond donors (Lipinski definition) is 1. The second-order valence-corrected chi connectivity index (χ2v) is 37.3. The number of aliphatic hydroxyl groups excluding tert-OH is 1. The van der Waals surface area contributed by atoms with E-state index in [-0.39, 0.29) is 111 Å². The lowest BCUT2D eigenvalue weighted by Crippen LogP contribution is -2.61. The number of aliphatic hydroxyl groups is 1. The van der Waals surface area contributed by atoms with Gasteiger partial charge in [0.05, 0.1) is 67.6 Å². The topological polar surface area (TPSA) is 122 Å². The highest BCUT2D eigenvalue weighted by Gasteiger charge is 2.60. The maximum atomic E-state index is 10.4. The third kappa shape index (κ3) is 14.8. The molecule has 6 rings (SSSR count). The van der Waals surface area contributed by atoms with Crippen LogP contribution in [0.15, 0.2) is 37.0 Å². The van der Waals surface area contributed by atoms with E-state index in [1.165, 1.54) is 5.57 Å². The van der Waals surface area contributed by atoms with Gasteiger partial charge in [-0.15, -0.1) is 6.58 Å². The Morgan fingerprint density at radius 1 is 0.644 bits per heavy atom. The molecule has 6 saturated heterocycles. The normalized spacial score (nSPS) is 35.5. The molecule has 0 aromatic heterocycles. The zero-order valence-corrected chi connectivity index (χ0v) is 50.9. The summed E-state index contributed by atoms with van der Waals surface area (Å²) < 4.78 is 74.8. The maximum absolute atomic E-state index is 10.4. The minimum absolute atomic E-state index is 0.0325. The summed E-state index contributed by atoms with van der Waals surface area (Å²) in [5.74, 6) is 0.357. The summed E-state index contributed by atoms with van der Waals surface area (Å²) in [5, 5.41) is 10.4. The predicted molar refractivity (Wildman–Crippen MR) is 300 cm³/mol. The lowest BCUT2D eigenvalue weighted by molar-refractivity contribution is -0.224. The number of rotatable bonds is 33. The molecule has 0 spiro atoms. The lowest BCUT2D eigenvalue weighted by atomic mass is 9.82. The Balaban J connectivity index is 0.999. The van der Waals surface area contributed by atoms with E-state index in [1.54, 1.807) is 7.11 Å². The van der Waals surface area contributed by atoms with E-state index in [1.807, 2.05) is 6.08 Å². The van der Waals surface area contributed by atoms with Crippen molar-refractivity contribution in [3.63, 3.8) is 0 Å². The van der Waals surface area contributed by atoms with Crippen LogP contribution >= 0.6 is 0 Å². The molecule has 12 unspecified atom stereocenters. The van der Waals surface area contributed by atoms with E-state index >= 15 is 0 Å². The van der Waals surface area contributed by atoms with Crippen LogP contribution in [-0.4, -0.2) is 149 Å². The van der Waals surface area contributed by atoms with Crippen LogP contribution < -0.4 is 0 Å². The van der Waals surface area contributed by atoms with Gasteiger partial charge in [-0.2, -0.15) is 0 Å². The summed E-state index contributed by atoms with van der Waals surface area (Å²) in [5.41, 5.74) is 2.33. The van der Waals surface area contributed by atoms with Gasteiger partial charge >= 0.3 is 0 Å². The van der Waals surface area contributed by atoms with Gasteiger partial charge in [0, 0.05) is 32.5 Å². The SMILES string of the molecule is C=CCC1O[C@@H]2C3O[C@H](CCCCC4CC(=C)C(CCC5CC(C)C(=C)C(C[C@@H]6OC(CC(CO[Si](CC)(CC)CC)O[Si](CC)(CC)CC)[C@H](OC)[C@H]6CCO)O5)O4)C2OCOC3C1O[Si](CC)(CC)CC. The first kappa shape index (κ1) is 61.6. The van der Waals surface area contributed by atoms with Crippen LogP contribution in [0, 0.1) is 11.8 Å². The highest BCUT2D eigenvalue weighted by Crippen LogP contribution is 2.45. The van der Waals surface area contributed by atoms with E-state index in [0.717, 1.165) is 111 Å². The molecule has 0 aromatic rings. The van der Waals surface area contributed by atoms with Crippen LogP contribution in [-0.2, 0) is 51.2 Å². The smallest absolute Gasteiger partial charge is 0.192 e. The molecule has 0 amide bonds. The molecule has 0 saturated carbocycles. The molecule has 422 valence electrons. The van der Waals surface area contributed by atoms with Crippen molar-refractivity contribution in [1.82, 2.24) is 0 Å². The van der Waals surface area contributed by atoms with Crippen molar-refractivity contribution < 1.29 is 56.3 Å². The number of unbranched alkanes of at least 4 members (excludes halogenated alkanes) is 1. The van der Waals surface area contributed by atoms with Crippen LogP contribution in [0.4, 0.5) is 0 Å². The van der Waals surface area contributed by atoms with Crippen molar-refractivity contribution in [2.24, 2.45) is 11.8 Å². The molecule has 17 atom stereocenters. The quantitative estimate of drug-likeness (QED) is 0.0382. The molecule has 4 bridgehead atoms. The van der Waals surface area contributed by atoms with Crippen LogP contribution in [0.5, 0.6) is 0 Å². The first-order valence-electron chi connectivity index (χ1n) is 29.8. The zero-order valence-electron chi connectivity index (χ0n) is 47.9. The minimum atomic E-state index is -1.95. The molecule has 1 N–H and O–H groups in total. The third-order valence-corrected chi connectivity index (χ3v) is 33.4. The largest absolute Gasteiger partial charge is 0.414 e. The molecule has 15 heteroatoms. The fourth-order valence-corrected chi connectivity index (χ4v) is 22.2. The standard InChI is InChI=1S/C58H106O12Si3/c1-15-27-48-55(70-73(22-8,23-9)24-10)56-58-57(67-48)54(61-39-62-56)49(68-58)29-26-25-28-43-35-41(12)47(64-43)31-30-44-34-40(11)42(13)50(65-44)37-51-46(32-33-59)53(60-14)52(66-51)36-45(69-72(19-5,20-6)21-7)38-63-71(16-2,17-3)18-4/h15,40,43-59H,1,12-13,16-39H2,2-11,14H3/t40?,43?,44?,45?,46-,47?,48?,49+,50?,51-,52?,53+,54?,55?,56?,57-,58?/m0/s1. The van der Waals surface area contributed by atoms with Crippen molar-refractivity contribution in [3.8, 4) is 0 Å². The van der Waals surface area contributed by atoms with Crippen molar-refractivity contribution >= 4 is 25.0 Å². The Hall–Kier alpha value is -0.609. The van der Waals surface area contributed by atoms with E-state index < -0.39 is 25.0 Å². The summed E-state index contributed by atoms with van der Waals surface area (Å²) in [6, 6.07) is 9.79. The van der Waals surface area contributed by atoms with Gasteiger partial charge in [-0.1, -0.05) is 101 Å². The Morgan fingerprint density at radius 3 is 1.89 bits per heavy atom. The van der Waals surface area contributed by atoms with E-state index in [2.05, 4.69) is 89.0 Å².